The highest BCUT2D eigenvalue weighted by molar-refractivity contribution is 6.03. The normalized spacial score (nSPS) is 10.0. The van der Waals surface area contributed by atoms with Gasteiger partial charge in [0.1, 0.15) is 0 Å². The number of anilines is 4. The van der Waals surface area contributed by atoms with Crippen LogP contribution in [0, 0.1) is 13.8 Å². The van der Waals surface area contributed by atoms with E-state index in [1.165, 1.54) is 27.1 Å². The van der Waals surface area contributed by atoms with Gasteiger partial charge in [0.15, 0.2) is 0 Å². The van der Waals surface area contributed by atoms with Gasteiger partial charge in [0.05, 0.1) is 0 Å². The molecule has 7 aromatic rings. The maximum Gasteiger partial charge on any atom is 0.0393 e. The van der Waals surface area contributed by atoms with Crippen molar-refractivity contribution in [2.45, 2.75) is 13.8 Å². The Bertz CT molecular complexity index is 1850. The fourth-order valence-corrected chi connectivity index (χ4v) is 4.39. The Hall–Kier alpha value is -5.48. The van der Waals surface area contributed by atoms with Crippen molar-refractivity contribution in [3.05, 3.63) is 157 Å². The van der Waals surface area contributed by atoms with E-state index in [0.29, 0.717) is 0 Å². The number of hydrogen-bond donors (Lipinski definition) is 4. The van der Waals surface area contributed by atoms with Gasteiger partial charge in [-0.3, -0.25) is 0 Å². The summed E-state index contributed by atoms with van der Waals surface area (Å²) in [6.45, 7) is 4.04. The van der Waals surface area contributed by atoms with Crippen LogP contribution in [0.1, 0.15) is 11.1 Å². The lowest BCUT2D eigenvalue weighted by Gasteiger charge is -2.04. The highest BCUT2D eigenvalue weighted by Crippen LogP contribution is 2.26. The number of fused-ring (bicyclic) bond motifs is 3. The summed E-state index contributed by atoms with van der Waals surface area (Å²) in [6.07, 6.45) is 0. The third kappa shape index (κ3) is 8.03. The van der Waals surface area contributed by atoms with Crippen LogP contribution in [0.4, 0.5) is 22.7 Å². The van der Waals surface area contributed by atoms with Gasteiger partial charge in [-0.05, 0) is 83.4 Å². The molecule has 0 spiro atoms. The molecule has 0 radical (unpaired) electrons. The molecule has 210 valence electrons. The number of nitrogen functional groups attached to an aromatic ring is 4. The van der Waals surface area contributed by atoms with E-state index in [0.717, 1.165) is 39.1 Å². The van der Waals surface area contributed by atoms with Crippen LogP contribution < -0.4 is 22.9 Å². The van der Waals surface area contributed by atoms with E-state index in [-0.39, 0.29) is 0 Å². The quantitative estimate of drug-likeness (QED) is 0.112. The minimum Gasteiger partial charge on any atom is -0.399 e. The van der Waals surface area contributed by atoms with Crippen LogP contribution in [0.15, 0.2) is 146 Å². The zero-order chi connectivity index (χ0) is 29.9. The third-order valence-corrected chi connectivity index (χ3v) is 6.87. The van der Waals surface area contributed by atoms with Gasteiger partial charge in [-0.15, -0.1) is 0 Å². The molecule has 0 atom stereocenters. The molecule has 0 heterocycles. The van der Waals surface area contributed by atoms with E-state index in [1.807, 2.05) is 111 Å². The van der Waals surface area contributed by atoms with E-state index < -0.39 is 0 Å². The van der Waals surface area contributed by atoms with Crippen molar-refractivity contribution >= 4 is 55.1 Å². The van der Waals surface area contributed by atoms with Crippen LogP contribution in [0.2, 0.25) is 0 Å². The number of rotatable bonds is 0. The first kappa shape index (κ1) is 29.5. The van der Waals surface area contributed by atoms with Crippen LogP contribution >= 0.6 is 0 Å². The highest BCUT2D eigenvalue weighted by Gasteiger charge is 1.99. The molecule has 42 heavy (non-hydrogen) atoms. The maximum atomic E-state index is 5.95. The molecule has 0 aliphatic rings. The predicted molar refractivity (Wildman–Crippen MR) is 185 cm³/mol. The van der Waals surface area contributed by atoms with Gasteiger partial charge in [0.25, 0.3) is 0 Å². The summed E-state index contributed by atoms with van der Waals surface area (Å²) in [6, 6.07) is 48.4. The Morgan fingerprint density at radius 2 is 0.833 bits per heavy atom. The summed E-state index contributed by atoms with van der Waals surface area (Å²) in [5, 5.41) is 7.17. The smallest absolute Gasteiger partial charge is 0.0393 e. The number of aryl methyl sites for hydroxylation is 2. The van der Waals surface area contributed by atoms with Crippen molar-refractivity contribution in [1.29, 1.82) is 0 Å². The first-order valence-electron chi connectivity index (χ1n) is 13.9. The molecule has 0 aromatic heterocycles. The SMILES string of the molecule is Cc1ccc(N)cc1.Cc1ccccc1N.Nc1cccc2cc3ccccc3cc12.Nc1cccc2ccccc12. The second kappa shape index (κ2) is 14.2. The fraction of sp³-hybridized carbons (Fsp3) is 0.0526. The van der Waals surface area contributed by atoms with Crippen LogP contribution in [0.25, 0.3) is 32.3 Å². The van der Waals surface area contributed by atoms with Gasteiger partial charge in [-0.2, -0.15) is 0 Å². The van der Waals surface area contributed by atoms with Crippen LogP contribution in [-0.4, -0.2) is 0 Å². The molecular formula is C38H38N4. The zero-order valence-electron chi connectivity index (χ0n) is 24.2. The molecule has 0 aliphatic heterocycles. The Morgan fingerprint density at radius 3 is 1.40 bits per heavy atom. The fourth-order valence-electron chi connectivity index (χ4n) is 4.39. The number of para-hydroxylation sites is 1. The first-order valence-corrected chi connectivity index (χ1v) is 13.9. The molecule has 4 nitrogen and oxygen atoms in total. The average Bonchev–Trinajstić information content (AvgIpc) is 3.01. The van der Waals surface area contributed by atoms with E-state index in [2.05, 4.69) is 48.5 Å². The first-order chi connectivity index (χ1) is 20.3. The summed E-state index contributed by atoms with van der Waals surface area (Å²) in [5.74, 6) is 0. The van der Waals surface area contributed by atoms with Gasteiger partial charge in [0, 0.05) is 33.5 Å². The molecule has 0 aliphatic carbocycles. The van der Waals surface area contributed by atoms with Crippen molar-refractivity contribution in [1.82, 2.24) is 0 Å². The average molecular weight is 551 g/mol. The second-order valence-corrected chi connectivity index (χ2v) is 10.1. The van der Waals surface area contributed by atoms with Crippen molar-refractivity contribution in [2.75, 3.05) is 22.9 Å². The highest BCUT2D eigenvalue weighted by atomic mass is 14.6. The Morgan fingerprint density at radius 1 is 0.357 bits per heavy atom. The topological polar surface area (TPSA) is 104 Å². The van der Waals surface area contributed by atoms with Crippen molar-refractivity contribution in [3.8, 4) is 0 Å². The van der Waals surface area contributed by atoms with Gasteiger partial charge >= 0.3 is 0 Å². The van der Waals surface area contributed by atoms with Crippen molar-refractivity contribution in [3.63, 3.8) is 0 Å². The van der Waals surface area contributed by atoms with Crippen molar-refractivity contribution < 1.29 is 0 Å². The molecule has 7 rings (SSSR count). The van der Waals surface area contributed by atoms with Gasteiger partial charge in [-0.1, -0.05) is 109 Å². The molecule has 0 bridgehead atoms. The molecule has 0 saturated carbocycles. The molecular weight excluding hydrogens is 512 g/mol. The lowest BCUT2D eigenvalue weighted by Crippen LogP contribution is -1.86. The summed E-state index contributed by atoms with van der Waals surface area (Å²) in [7, 11) is 0. The molecule has 0 saturated heterocycles. The molecule has 7 aromatic carbocycles. The number of nitrogens with two attached hydrogens (primary N) is 4. The summed E-state index contributed by atoms with van der Waals surface area (Å²) in [4.78, 5) is 0. The maximum absolute atomic E-state index is 5.95. The standard InChI is InChI=1S/C14H11N.C10H9N.2C7H9N/c15-14-7-3-6-12-8-10-4-1-2-5-11(10)9-13(12)14;11-10-7-3-5-8-4-1-2-6-9(8)10;1-6-2-4-7(8)5-3-6;1-6-4-2-3-5-7(6)8/h1-9H,15H2;1-7H,11H2;2*2-5H,8H2,1H3. The van der Waals surface area contributed by atoms with Gasteiger partial charge in [0.2, 0.25) is 0 Å². The van der Waals surface area contributed by atoms with Crippen molar-refractivity contribution in [2.24, 2.45) is 0 Å². The summed E-state index contributed by atoms with van der Waals surface area (Å²) >= 11 is 0. The minimum atomic E-state index is 0.829. The lowest BCUT2D eigenvalue weighted by molar-refractivity contribution is 1.47. The third-order valence-electron chi connectivity index (χ3n) is 6.87. The van der Waals surface area contributed by atoms with E-state index in [9.17, 15) is 0 Å². The molecule has 8 N–H and O–H groups in total. The van der Waals surface area contributed by atoms with Crippen LogP contribution in [-0.2, 0) is 0 Å². The number of benzene rings is 7. The summed E-state index contributed by atoms with van der Waals surface area (Å²) < 4.78 is 0. The van der Waals surface area contributed by atoms with Crippen LogP contribution in [0.3, 0.4) is 0 Å². The Balaban J connectivity index is 0.000000134. The van der Waals surface area contributed by atoms with E-state index in [4.69, 9.17) is 22.9 Å². The van der Waals surface area contributed by atoms with E-state index in [1.54, 1.807) is 0 Å². The monoisotopic (exact) mass is 550 g/mol. The summed E-state index contributed by atoms with van der Waals surface area (Å²) in [5.41, 5.74) is 28.4. The van der Waals surface area contributed by atoms with E-state index >= 15 is 0 Å². The second-order valence-electron chi connectivity index (χ2n) is 10.1. The molecule has 4 heteroatoms. The lowest BCUT2D eigenvalue weighted by atomic mass is 10.0. The Kier molecular flexibility index (Phi) is 10.0. The molecule has 0 unspecified atom stereocenters. The zero-order valence-corrected chi connectivity index (χ0v) is 24.2. The Labute approximate surface area is 248 Å². The molecule has 0 amide bonds. The minimum absolute atomic E-state index is 0.829. The largest absolute Gasteiger partial charge is 0.399 e. The van der Waals surface area contributed by atoms with Crippen LogP contribution in [0.5, 0.6) is 0 Å². The molecule has 0 fully saturated rings. The van der Waals surface area contributed by atoms with Gasteiger partial charge in [-0.25, -0.2) is 0 Å². The predicted octanol–water partition coefficient (Wildman–Crippen LogP) is 9.15. The van der Waals surface area contributed by atoms with Gasteiger partial charge < -0.3 is 22.9 Å². The number of hydrogen-bond acceptors (Lipinski definition) is 4.